The molecule has 3 atom stereocenters. The fraction of sp³-hybridized carbons (Fsp3) is 0.833. The molecular formula is C12H20O. The van der Waals surface area contributed by atoms with Gasteiger partial charge in [0.25, 0.3) is 0 Å². The van der Waals surface area contributed by atoms with Crippen LogP contribution in [0.25, 0.3) is 0 Å². The molecule has 0 aliphatic heterocycles. The van der Waals surface area contributed by atoms with Crippen molar-refractivity contribution in [1.29, 1.82) is 0 Å². The lowest BCUT2D eigenvalue weighted by Gasteiger charge is -2.39. The van der Waals surface area contributed by atoms with E-state index in [1.165, 1.54) is 6.42 Å². The zero-order chi connectivity index (χ0) is 9.90. The van der Waals surface area contributed by atoms with Crippen LogP contribution in [0.3, 0.4) is 0 Å². The highest BCUT2D eigenvalue weighted by Gasteiger charge is 2.39. The van der Waals surface area contributed by atoms with Gasteiger partial charge in [-0.2, -0.15) is 0 Å². The fourth-order valence-corrected chi connectivity index (χ4v) is 2.40. The molecule has 0 aromatic heterocycles. The van der Waals surface area contributed by atoms with Gasteiger partial charge in [0.05, 0.1) is 0 Å². The maximum atomic E-state index is 10.2. The maximum Gasteiger partial charge on any atom is 0.128 e. The second-order valence-corrected chi connectivity index (χ2v) is 4.31. The highest BCUT2D eigenvalue weighted by Crippen LogP contribution is 2.38. The minimum Gasteiger partial charge on any atom is -0.377 e. The van der Waals surface area contributed by atoms with Gasteiger partial charge in [-0.25, -0.2) is 0 Å². The van der Waals surface area contributed by atoms with E-state index in [9.17, 15) is 5.11 Å². The SMILES string of the molecule is C#CC1(O)CCCCC1C(C)CC. The van der Waals surface area contributed by atoms with Crippen molar-refractivity contribution in [2.24, 2.45) is 11.8 Å². The summed E-state index contributed by atoms with van der Waals surface area (Å²) in [6.45, 7) is 4.36. The quantitative estimate of drug-likeness (QED) is 0.648. The van der Waals surface area contributed by atoms with Crippen LogP contribution in [0.4, 0.5) is 0 Å². The molecule has 0 spiro atoms. The summed E-state index contributed by atoms with van der Waals surface area (Å²) in [4.78, 5) is 0. The zero-order valence-electron chi connectivity index (χ0n) is 8.71. The predicted octanol–water partition coefficient (Wildman–Crippen LogP) is 2.59. The number of rotatable bonds is 2. The van der Waals surface area contributed by atoms with Crippen molar-refractivity contribution in [2.75, 3.05) is 0 Å². The Morgan fingerprint density at radius 1 is 1.62 bits per heavy atom. The molecule has 0 heterocycles. The topological polar surface area (TPSA) is 20.2 Å². The second kappa shape index (κ2) is 4.15. The van der Waals surface area contributed by atoms with Crippen molar-refractivity contribution in [3.8, 4) is 12.3 Å². The molecule has 74 valence electrons. The number of hydrogen-bond donors (Lipinski definition) is 1. The van der Waals surface area contributed by atoms with Gasteiger partial charge in [-0.1, -0.05) is 32.6 Å². The van der Waals surface area contributed by atoms with Gasteiger partial charge in [0.15, 0.2) is 0 Å². The first-order valence-electron chi connectivity index (χ1n) is 5.34. The van der Waals surface area contributed by atoms with Gasteiger partial charge in [-0.15, -0.1) is 6.42 Å². The van der Waals surface area contributed by atoms with Crippen LogP contribution >= 0.6 is 0 Å². The summed E-state index contributed by atoms with van der Waals surface area (Å²) in [7, 11) is 0. The first-order chi connectivity index (χ1) is 6.14. The lowest BCUT2D eigenvalue weighted by Crippen LogP contribution is -2.42. The second-order valence-electron chi connectivity index (χ2n) is 4.31. The highest BCUT2D eigenvalue weighted by molar-refractivity contribution is 5.12. The van der Waals surface area contributed by atoms with E-state index >= 15 is 0 Å². The average molecular weight is 180 g/mol. The van der Waals surface area contributed by atoms with E-state index in [1.807, 2.05) is 0 Å². The Bertz CT molecular complexity index is 204. The average Bonchev–Trinajstić information content (AvgIpc) is 2.17. The smallest absolute Gasteiger partial charge is 0.128 e. The van der Waals surface area contributed by atoms with Gasteiger partial charge in [0, 0.05) is 5.92 Å². The van der Waals surface area contributed by atoms with Gasteiger partial charge in [0.2, 0.25) is 0 Å². The molecule has 0 aromatic carbocycles. The van der Waals surface area contributed by atoms with Gasteiger partial charge >= 0.3 is 0 Å². The van der Waals surface area contributed by atoms with Crippen LogP contribution in [0.2, 0.25) is 0 Å². The molecule has 0 bridgehead atoms. The van der Waals surface area contributed by atoms with E-state index in [1.54, 1.807) is 0 Å². The Kier molecular flexibility index (Phi) is 3.39. The first kappa shape index (κ1) is 10.6. The number of aliphatic hydroxyl groups is 1. The van der Waals surface area contributed by atoms with Gasteiger partial charge in [-0.05, 0) is 25.2 Å². The monoisotopic (exact) mass is 180 g/mol. The van der Waals surface area contributed by atoms with Crippen molar-refractivity contribution < 1.29 is 5.11 Å². The third kappa shape index (κ3) is 2.06. The largest absolute Gasteiger partial charge is 0.377 e. The molecule has 1 fully saturated rings. The molecule has 13 heavy (non-hydrogen) atoms. The Hall–Kier alpha value is -0.480. The van der Waals surface area contributed by atoms with Crippen molar-refractivity contribution in [1.82, 2.24) is 0 Å². The molecule has 0 amide bonds. The maximum absolute atomic E-state index is 10.2. The summed E-state index contributed by atoms with van der Waals surface area (Å²) in [5.41, 5.74) is -0.812. The Labute approximate surface area is 81.5 Å². The Balaban J connectivity index is 2.74. The Morgan fingerprint density at radius 3 is 2.85 bits per heavy atom. The van der Waals surface area contributed by atoms with Crippen molar-refractivity contribution >= 4 is 0 Å². The first-order valence-corrected chi connectivity index (χ1v) is 5.34. The molecule has 1 heteroatoms. The molecular weight excluding hydrogens is 160 g/mol. The van der Waals surface area contributed by atoms with Crippen molar-refractivity contribution in [3.63, 3.8) is 0 Å². The van der Waals surface area contributed by atoms with Crippen molar-refractivity contribution in [2.45, 2.75) is 51.6 Å². The van der Waals surface area contributed by atoms with E-state index in [2.05, 4.69) is 19.8 Å². The molecule has 1 nitrogen and oxygen atoms in total. The van der Waals surface area contributed by atoms with Crippen LogP contribution in [0.15, 0.2) is 0 Å². The van der Waals surface area contributed by atoms with Crippen LogP contribution < -0.4 is 0 Å². The van der Waals surface area contributed by atoms with Crippen molar-refractivity contribution in [3.05, 3.63) is 0 Å². The van der Waals surface area contributed by atoms with Crippen LogP contribution in [0.1, 0.15) is 46.0 Å². The van der Waals surface area contributed by atoms with Crippen LogP contribution in [-0.4, -0.2) is 10.7 Å². The van der Waals surface area contributed by atoms with E-state index in [-0.39, 0.29) is 0 Å². The molecule has 0 aromatic rings. The van der Waals surface area contributed by atoms with Gasteiger partial charge in [-0.3, -0.25) is 0 Å². The molecule has 0 radical (unpaired) electrons. The van der Waals surface area contributed by atoms with Crippen LogP contribution in [0.5, 0.6) is 0 Å². The lowest BCUT2D eigenvalue weighted by molar-refractivity contribution is -0.0203. The summed E-state index contributed by atoms with van der Waals surface area (Å²) in [6.07, 6.45) is 10.7. The minimum absolute atomic E-state index is 0.316. The highest BCUT2D eigenvalue weighted by atomic mass is 16.3. The Morgan fingerprint density at radius 2 is 2.31 bits per heavy atom. The third-order valence-electron chi connectivity index (χ3n) is 3.52. The molecule has 0 saturated heterocycles. The molecule has 1 aliphatic carbocycles. The van der Waals surface area contributed by atoms with Gasteiger partial charge < -0.3 is 5.11 Å². The summed E-state index contributed by atoms with van der Waals surface area (Å²) in [6, 6.07) is 0. The van der Waals surface area contributed by atoms with E-state index in [0.717, 1.165) is 25.7 Å². The molecule has 1 saturated carbocycles. The standard InChI is InChI=1S/C12H20O/c1-4-10(3)11-8-6-7-9-12(11,13)5-2/h2,10-11,13H,4,6-9H2,1,3H3. The van der Waals surface area contributed by atoms with Crippen LogP contribution in [-0.2, 0) is 0 Å². The zero-order valence-corrected chi connectivity index (χ0v) is 8.71. The third-order valence-corrected chi connectivity index (χ3v) is 3.52. The summed E-state index contributed by atoms with van der Waals surface area (Å²) in [5.74, 6) is 3.46. The lowest BCUT2D eigenvalue weighted by atomic mass is 9.69. The van der Waals surface area contributed by atoms with E-state index in [4.69, 9.17) is 6.42 Å². The van der Waals surface area contributed by atoms with E-state index < -0.39 is 5.60 Å². The van der Waals surface area contributed by atoms with E-state index in [0.29, 0.717) is 11.8 Å². The van der Waals surface area contributed by atoms with Gasteiger partial charge in [0.1, 0.15) is 5.60 Å². The number of terminal acetylenes is 1. The molecule has 1 rings (SSSR count). The summed E-state index contributed by atoms with van der Waals surface area (Å²) < 4.78 is 0. The number of hydrogen-bond acceptors (Lipinski definition) is 1. The molecule has 1 N–H and O–H groups in total. The van der Waals surface area contributed by atoms with Crippen LogP contribution in [0, 0.1) is 24.2 Å². The molecule has 1 aliphatic rings. The minimum atomic E-state index is -0.812. The normalized spacial score (nSPS) is 36.6. The predicted molar refractivity (Wildman–Crippen MR) is 55.2 cm³/mol. The fourth-order valence-electron chi connectivity index (χ4n) is 2.40. The molecule has 3 unspecified atom stereocenters. The summed E-state index contributed by atoms with van der Waals surface area (Å²) in [5, 5.41) is 10.2. The summed E-state index contributed by atoms with van der Waals surface area (Å²) >= 11 is 0.